The van der Waals surface area contributed by atoms with Gasteiger partial charge in [0, 0.05) is 0 Å². The summed E-state index contributed by atoms with van der Waals surface area (Å²) in [5, 5.41) is 3.53. The van der Waals surface area contributed by atoms with E-state index in [-0.39, 0.29) is 0 Å². The fraction of sp³-hybridized carbons (Fsp3) is 0.750. The largest absolute Gasteiger partial charge is 0.399 e. The Bertz CT molecular complexity index is 72.1. The Hall–Kier alpha value is -0.240. The van der Waals surface area contributed by atoms with Gasteiger partial charge >= 0.3 is 0 Å². The second-order valence-electron chi connectivity index (χ2n) is 1.14. The van der Waals surface area contributed by atoms with Gasteiger partial charge in [-0.05, 0) is 6.92 Å². The van der Waals surface area contributed by atoms with Crippen molar-refractivity contribution in [2.24, 2.45) is 5.16 Å². The molecule has 3 heteroatoms. The average Bonchev–Trinajstić information content (AvgIpc) is 1.68. The van der Waals surface area contributed by atoms with Crippen molar-refractivity contribution in [2.75, 3.05) is 13.0 Å². The molecule has 0 aliphatic heterocycles. The summed E-state index contributed by atoms with van der Waals surface area (Å²) in [7, 11) is 1.50. The lowest BCUT2D eigenvalue weighted by Crippen LogP contribution is -1.91. The number of oxime groups is 1. The Morgan fingerprint density at radius 3 is 2.57 bits per heavy atom. The Morgan fingerprint density at radius 1 is 1.86 bits per heavy atom. The number of hydrogen-bond donors (Lipinski definition) is 0. The molecule has 0 aromatic carbocycles. The van der Waals surface area contributed by atoms with Gasteiger partial charge in [0.1, 0.15) is 7.11 Å². The van der Waals surface area contributed by atoms with E-state index in [1.165, 1.54) is 7.11 Å². The molecule has 0 unspecified atom stereocenters. The van der Waals surface area contributed by atoms with Gasteiger partial charge in [0.2, 0.25) is 0 Å². The third kappa shape index (κ3) is 3.59. The summed E-state index contributed by atoms with van der Waals surface area (Å²) in [6.45, 7) is 1.80. The first-order valence-corrected chi connectivity index (χ1v) is 2.47. The van der Waals surface area contributed by atoms with Crippen molar-refractivity contribution in [2.45, 2.75) is 6.92 Å². The molecule has 0 fully saturated rings. The van der Waals surface area contributed by atoms with Crippen molar-refractivity contribution in [3.63, 3.8) is 0 Å². The molecule has 0 rings (SSSR count). The number of halogens is 1. The lowest BCUT2D eigenvalue weighted by molar-refractivity contribution is 0.213. The van der Waals surface area contributed by atoms with Crippen LogP contribution in [0.15, 0.2) is 5.16 Å². The maximum Gasteiger partial charge on any atom is 0.106 e. The molecule has 0 amide bonds. The molecular formula is C4H8ClNO. The number of nitrogens with zero attached hydrogens (tertiary/aromatic N) is 1. The Labute approximate surface area is 48.1 Å². The number of alkyl halides is 1. The molecule has 0 atom stereocenters. The zero-order chi connectivity index (χ0) is 5.70. The summed E-state index contributed by atoms with van der Waals surface area (Å²) in [4.78, 5) is 4.40. The molecule has 7 heavy (non-hydrogen) atoms. The fourth-order valence-electron chi connectivity index (χ4n) is 0.180. The highest BCUT2D eigenvalue weighted by Crippen LogP contribution is 1.80. The molecule has 0 saturated carbocycles. The standard InChI is InChI=1S/C4H8ClNO/c1-4(3-5)6-7-2/h3H2,1-2H3. The molecule has 0 spiro atoms. The minimum absolute atomic E-state index is 0.438. The van der Waals surface area contributed by atoms with Gasteiger partial charge < -0.3 is 4.84 Å². The predicted octanol–water partition coefficient (Wildman–Crippen LogP) is 1.25. The summed E-state index contributed by atoms with van der Waals surface area (Å²) in [6.07, 6.45) is 0. The Balaban J connectivity index is 3.29. The van der Waals surface area contributed by atoms with Gasteiger partial charge in [0.15, 0.2) is 0 Å². The summed E-state index contributed by atoms with van der Waals surface area (Å²) < 4.78 is 0. The molecule has 0 N–H and O–H groups in total. The smallest absolute Gasteiger partial charge is 0.106 e. The van der Waals surface area contributed by atoms with Crippen molar-refractivity contribution in [1.29, 1.82) is 0 Å². The SMILES string of the molecule is CON=C(C)CCl. The third-order valence-electron chi connectivity index (χ3n) is 0.441. The molecule has 0 saturated heterocycles. The van der Waals surface area contributed by atoms with Gasteiger partial charge in [-0.15, -0.1) is 11.6 Å². The summed E-state index contributed by atoms with van der Waals surface area (Å²) in [5.41, 5.74) is 0.796. The van der Waals surface area contributed by atoms with Gasteiger partial charge in [-0.25, -0.2) is 0 Å². The molecule has 0 aromatic heterocycles. The van der Waals surface area contributed by atoms with E-state index < -0.39 is 0 Å². The van der Waals surface area contributed by atoms with Crippen LogP contribution in [0.5, 0.6) is 0 Å². The summed E-state index contributed by atoms with van der Waals surface area (Å²) in [6, 6.07) is 0. The van der Waals surface area contributed by atoms with Crippen LogP contribution in [0.2, 0.25) is 0 Å². The van der Waals surface area contributed by atoms with Crippen molar-refractivity contribution in [3.8, 4) is 0 Å². The maximum atomic E-state index is 5.32. The minimum atomic E-state index is 0.438. The maximum absolute atomic E-state index is 5.32. The topological polar surface area (TPSA) is 21.6 Å². The van der Waals surface area contributed by atoms with E-state index in [0.29, 0.717) is 5.88 Å². The van der Waals surface area contributed by atoms with Gasteiger partial charge in [-0.1, -0.05) is 5.16 Å². The zero-order valence-electron chi connectivity index (χ0n) is 4.44. The molecule has 0 aliphatic rings. The Morgan fingerprint density at radius 2 is 2.43 bits per heavy atom. The third-order valence-corrected chi connectivity index (χ3v) is 0.827. The van der Waals surface area contributed by atoms with E-state index in [2.05, 4.69) is 9.99 Å². The van der Waals surface area contributed by atoms with E-state index in [0.717, 1.165) is 5.71 Å². The van der Waals surface area contributed by atoms with E-state index in [4.69, 9.17) is 11.6 Å². The van der Waals surface area contributed by atoms with Crippen LogP contribution in [0.4, 0.5) is 0 Å². The van der Waals surface area contributed by atoms with Crippen LogP contribution in [0.25, 0.3) is 0 Å². The minimum Gasteiger partial charge on any atom is -0.399 e. The van der Waals surface area contributed by atoms with Crippen LogP contribution in [-0.2, 0) is 4.84 Å². The van der Waals surface area contributed by atoms with E-state index in [1.807, 2.05) is 0 Å². The highest BCUT2D eigenvalue weighted by molar-refractivity contribution is 6.28. The molecule has 0 heterocycles. The van der Waals surface area contributed by atoms with E-state index in [9.17, 15) is 0 Å². The van der Waals surface area contributed by atoms with Crippen LogP contribution in [0.3, 0.4) is 0 Å². The lowest BCUT2D eigenvalue weighted by Gasteiger charge is -1.87. The first-order valence-electron chi connectivity index (χ1n) is 1.94. The Kier molecular flexibility index (Phi) is 3.80. The first-order chi connectivity index (χ1) is 3.31. The van der Waals surface area contributed by atoms with Crippen LogP contribution in [0.1, 0.15) is 6.92 Å². The lowest BCUT2D eigenvalue weighted by atomic mass is 10.5. The van der Waals surface area contributed by atoms with Crippen LogP contribution < -0.4 is 0 Å². The number of rotatable bonds is 2. The summed E-state index contributed by atoms with van der Waals surface area (Å²) in [5.74, 6) is 0.438. The first kappa shape index (κ1) is 6.76. The van der Waals surface area contributed by atoms with Crippen LogP contribution in [0, 0.1) is 0 Å². The monoisotopic (exact) mass is 121 g/mol. The number of hydrogen-bond acceptors (Lipinski definition) is 2. The van der Waals surface area contributed by atoms with Gasteiger partial charge in [0.25, 0.3) is 0 Å². The molecule has 0 bridgehead atoms. The molecule has 42 valence electrons. The normalized spacial score (nSPS) is 11.6. The molecule has 0 radical (unpaired) electrons. The van der Waals surface area contributed by atoms with Crippen molar-refractivity contribution >= 4 is 17.3 Å². The molecule has 0 aliphatic carbocycles. The second kappa shape index (κ2) is 3.93. The summed E-state index contributed by atoms with van der Waals surface area (Å²) >= 11 is 5.32. The molecular weight excluding hydrogens is 114 g/mol. The van der Waals surface area contributed by atoms with Gasteiger partial charge in [0.05, 0.1) is 11.6 Å². The second-order valence-corrected chi connectivity index (χ2v) is 1.41. The van der Waals surface area contributed by atoms with Crippen molar-refractivity contribution in [3.05, 3.63) is 0 Å². The van der Waals surface area contributed by atoms with Gasteiger partial charge in [-0.2, -0.15) is 0 Å². The van der Waals surface area contributed by atoms with Crippen molar-refractivity contribution in [1.82, 2.24) is 0 Å². The average molecular weight is 122 g/mol. The quantitative estimate of drug-likeness (QED) is 0.306. The predicted molar refractivity (Wildman–Crippen MR) is 30.8 cm³/mol. The van der Waals surface area contributed by atoms with Gasteiger partial charge in [-0.3, -0.25) is 0 Å². The zero-order valence-corrected chi connectivity index (χ0v) is 5.20. The van der Waals surface area contributed by atoms with Crippen LogP contribution >= 0.6 is 11.6 Å². The highest BCUT2D eigenvalue weighted by Gasteiger charge is 1.82. The van der Waals surface area contributed by atoms with Crippen molar-refractivity contribution < 1.29 is 4.84 Å². The van der Waals surface area contributed by atoms with E-state index in [1.54, 1.807) is 6.92 Å². The molecule has 0 aromatic rings. The van der Waals surface area contributed by atoms with Crippen LogP contribution in [-0.4, -0.2) is 18.7 Å². The van der Waals surface area contributed by atoms with E-state index >= 15 is 0 Å². The fourth-order valence-corrected chi connectivity index (χ4v) is 0.229. The molecule has 2 nitrogen and oxygen atoms in total. The highest BCUT2D eigenvalue weighted by atomic mass is 35.5.